The Bertz CT molecular complexity index is 543. The van der Waals surface area contributed by atoms with E-state index in [1.807, 2.05) is 35.1 Å². The Morgan fingerprint density at radius 2 is 2.05 bits per heavy atom. The zero-order valence-corrected chi connectivity index (χ0v) is 12.9. The first-order valence-corrected chi connectivity index (χ1v) is 7.12. The average Bonchev–Trinajstić information content (AvgIpc) is 2.87. The number of halogens is 1. The topological polar surface area (TPSA) is 41.9 Å². The highest BCUT2D eigenvalue weighted by atomic mass is 35.5. The summed E-state index contributed by atoms with van der Waals surface area (Å²) in [5, 5.41) is 11.8. The van der Waals surface area contributed by atoms with Gasteiger partial charge in [0.2, 0.25) is 0 Å². The number of rotatable bonds is 5. The van der Waals surface area contributed by atoms with Crippen LogP contribution in [0, 0.1) is 0 Å². The summed E-state index contributed by atoms with van der Waals surface area (Å²) in [4.78, 5) is 0. The number of benzene rings is 1. The van der Waals surface area contributed by atoms with Crippen molar-refractivity contribution in [1.82, 2.24) is 15.1 Å². The zero-order chi connectivity index (χ0) is 14.6. The molecule has 0 unspecified atom stereocenters. The highest BCUT2D eigenvalue weighted by Gasteiger charge is 2.09. The summed E-state index contributed by atoms with van der Waals surface area (Å²) >= 11 is 6.08. The summed E-state index contributed by atoms with van der Waals surface area (Å²) in [6.45, 7) is 8.17. The molecular weight excluding hydrogens is 272 g/mol. The van der Waals surface area contributed by atoms with Crippen LogP contribution >= 0.6 is 11.6 Å². The fourth-order valence-electron chi connectivity index (χ4n) is 1.90. The summed E-state index contributed by atoms with van der Waals surface area (Å²) in [6, 6.07) is 7.67. The third-order valence-electron chi connectivity index (χ3n) is 2.81. The molecule has 0 spiro atoms. The fraction of sp³-hybridized carbons (Fsp3) is 0.400. The molecule has 0 aliphatic rings. The van der Waals surface area contributed by atoms with Crippen molar-refractivity contribution in [3.63, 3.8) is 0 Å². The Morgan fingerprint density at radius 3 is 2.70 bits per heavy atom. The average molecular weight is 293 g/mol. The summed E-state index contributed by atoms with van der Waals surface area (Å²) in [7, 11) is 0. The van der Waals surface area contributed by atoms with E-state index in [0.717, 1.165) is 24.5 Å². The normalized spacial score (nSPS) is 11.6. The minimum Gasteiger partial charge on any atom is -0.382 e. The van der Waals surface area contributed by atoms with E-state index in [-0.39, 0.29) is 5.54 Å². The van der Waals surface area contributed by atoms with Crippen molar-refractivity contribution in [2.75, 3.05) is 18.4 Å². The van der Waals surface area contributed by atoms with Crippen molar-refractivity contribution < 1.29 is 0 Å². The van der Waals surface area contributed by atoms with Crippen molar-refractivity contribution in [1.29, 1.82) is 0 Å². The molecule has 2 aromatic rings. The molecule has 0 aliphatic carbocycles. The Labute approximate surface area is 125 Å². The van der Waals surface area contributed by atoms with Gasteiger partial charge in [0.25, 0.3) is 0 Å². The van der Waals surface area contributed by atoms with Crippen molar-refractivity contribution in [3.05, 3.63) is 41.7 Å². The van der Waals surface area contributed by atoms with Crippen LogP contribution in [0.25, 0.3) is 5.69 Å². The van der Waals surface area contributed by atoms with Crippen LogP contribution in [0.2, 0.25) is 5.02 Å². The van der Waals surface area contributed by atoms with E-state index in [2.05, 4.69) is 36.5 Å². The number of hydrogen-bond donors (Lipinski definition) is 2. The first-order chi connectivity index (χ1) is 9.46. The standard InChI is InChI=1S/C15H21ClN4/c1-15(2,3)18-9-8-17-13-11-12(16)5-6-14(13)20-10-4-7-19-20/h4-7,10-11,17-18H,8-9H2,1-3H3. The monoisotopic (exact) mass is 292 g/mol. The number of nitrogens with zero attached hydrogens (tertiary/aromatic N) is 2. The number of hydrogen-bond acceptors (Lipinski definition) is 3. The van der Waals surface area contributed by atoms with Crippen LogP contribution in [0.4, 0.5) is 5.69 Å². The minimum absolute atomic E-state index is 0.126. The Hall–Kier alpha value is -1.52. The maximum atomic E-state index is 6.08. The molecule has 0 aliphatic heterocycles. The molecular formula is C15H21ClN4. The third kappa shape index (κ3) is 4.25. The van der Waals surface area contributed by atoms with Gasteiger partial charge < -0.3 is 10.6 Å². The van der Waals surface area contributed by atoms with Gasteiger partial charge in [0, 0.05) is 36.0 Å². The molecule has 5 heteroatoms. The smallest absolute Gasteiger partial charge is 0.0877 e. The fourth-order valence-corrected chi connectivity index (χ4v) is 2.07. The molecule has 1 aromatic heterocycles. The van der Waals surface area contributed by atoms with Crippen molar-refractivity contribution >= 4 is 17.3 Å². The van der Waals surface area contributed by atoms with Crippen molar-refractivity contribution in [3.8, 4) is 5.69 Å². The van der Waals surface area contributed by atoms with Crippen LogP contribution in [0.5, 0.6) is 0 Å². The molecule has 0 atom stereocenters. The first kappa shape index (κ1) is 14.9. The molecule has 0 bridgehead atoms. The Morgan fingerprint density at radius 1 is 1.25 bits per heavy atom. The van der Waals surface area contributed by atoms with Gasteiger partial charge in [-0.15, -0.1) is 0 Å². The van der Waals surface area contributed by atoms with E-state index < -0.39 is 0 Å². The predicted molar refractivity (Wildman–Crippen MR) is 84.8 cm³/mol. The molecule has 1 heterocycles. The largest absolute Gasteiger partial charge is 0.382 e. The molecule has 0 saturated heterocycles. The Balaban J connectivity index is 2.05. The predicted octanol–water partition coefficient (Wildman–Crippen LogP) is 3.33. The van der Waals surface area contributed by atoms with Crippen molar-refractivity contribution in [2.45, 2.75) is 26.3 Å². The first-order valence-electron chi connectivity index (χ1n) is 6.74. The van der Waals surface area contributed by atoms with E-state index in [9.17, 15) is 0 Å². The maximum Gasteiger partial charge on any atom is 0.0877 e. The number of nitrogens with one attached hydrogen (secondary N) is 2. The summed E-state index contributed by atoms with van der Waals surface area (Å²) in [5.41, 5.74) is 2.10. The minimum atomic E-state index is 0.126. The molecule has 0 fully saturated rings. The molecule has 2 N–H and O–H groups in total. The van der Waals surface area contributed by atoms with Gasteiger partial charge in [0.1, 0.15) is 0 Å². The van der Waals surface area contributed by atoms with Gasteiger partial charge in [0.05, 0.1) is 11.4 Å². The van der Waals surface area contributed by atoms with E-state index in [0.29, 0.717) is 5.02 Å². The third-order valence-corrected chi connectivity index (χ3v) is 3.04. The van der Waals surface area contributed by atoms with Gasteiger partial charge in [-0.3, -0.25) is 0 Å². The van der Waals surface area contributed by atoms with Gasteiger partial charge in [-0.2, -0.15) is 5.10 Å². The van der Waals surface area contributed by atoms with E-state index in [1.165, 1.54) is 0 Å². The quantitative estimate of drug-likeness (QED) is 0.831. The second-order valence-corrected chi connectivity index (χ2v) is 6.15. The van der Waals surface area contributed by atoms with Crippen LogP contribution in [-0.4, -0.2) is 28.4 Å². The van der Waals surface area contributed by atoms with Gasteiger partial charge in [-0.05, 0) is 45.0 Å². The lowest BCUT2D eigenvalue weighted by Gasteiger charge is -2.21. The molecule has 1 aromatic carbocycles. The molecule has 0 amide bonds. The molecule has 0 saturated carbocycles. The van der Waals surface area contributed by atoms with Crippen LogP contribution in [0.1, 0.15) is 20.8 Å². The lowest BCUT2D eigenvalue weighted by molar-refractivity contribution is 0.435. The van der Waals surface area contributed by atoms with Crippen LogP contribution in [-0.2, 0) is 0 Å². The zero-order valence-electron chi connectivity index (χ0n) is 12.2. The van der Waals surface area contributed by atoms with Gasteiger partial charge >= 0.3 is 0 Å². The Kier molecular flexibility index (Phi) is 4.68. The lowest BCUT2D eigenvalue weighted by atomic mass is 10.1. The van der Waals surface area contributed by atoms with Crippen LogP contribution < -0.4 is 10.6 Å². The number of anilines is 1. The highest BCUT2D eigenvalue weighted by Crippen LogP contribution is 2.23. The summed E-state index contributed by atoms with van der Waals surface area (Å²) in [6.07, 6.45) is 3.68. The second kappa shape index (κ2) is 6.29. The second-order valence-electron chi connectivity index (χ2n) is 5.72. The summed E-state index contributed by atoms with van der Waals surface area (Å²) < 4.78 is 1.83. The number of aromatic nitrogens is 2. The van der Waals surface area contributed by atoms with Crippen molar-refractivity contribution in [2.24, 2.45) is 0 Å². The van der Waals surface area contributed by atoms with E-state index in [4.69, 9.17) is 11.6 Å². The summed E-state index contributed by atoms with van der Waals surface area (Å²) in [5.74, 6) is 0. The molecule has 108 valence electrons. The molecule has 0 radical (unpaired) electrons. The van der Waals surface area contributed by atoms with Crippen LogP contribution in [0.15, 0.2) is 36.7 Å². The molecule has 2 rings (SSSR count). The van der Waals surface area contributed by atoms with E-state index >= 15 is 0 Å². The maximum absolute atomic E-state index is 6.08. The molecule has 4 nitrogen and oxygen atoms in total. The van der Waals surface area contributed by atoms with Gasteiger partial charge in [0.15, 0.2) is 0 Å². The SMILES string of the molecule is CC(C)(C)NCCNc1cc(Cl)ccc1-n1cccn1. The van der Waals surface area contributed by atoms with Gasteiger partial charge in [-0.25, -0.2) is 4.68 Å². The highest BCUT2D eigenvalue weighted by molar-refractivity contribution is 6.31. The van der Waals surface area contributed by atoms with E-state index in [1.54, 1.807) is 6.20 Å². The lowest BCUT2D eigenvalue weighted by Crippen LogP contribution is -2.38. The molecule has 20 heavy (non-hydrogen) atoms. The van der Waals surface area contributed by atoms with Gasteiger partial charge in [-0.1, -0.05) is 11.6 Å². The van der Waals surface area contributed by atoms with Crippen LogP contribution in [0.3, 0.4) is 0 Å².